The van der Waals surface area contributed by atoms with Gasteiger partial charge in [0.1, 0.15) is 0 Å². The molecule has 0 aromatic carbocycles. The molecule has 2 saturated carbocycles. The van der Waals surface area contributed by atoms with Crippen molar-refractivity contribution in [2.45, 2.75) is 38.1 Å². The normalized spacial score (nSPS) is 43.2. The molecule has 74 valence electrons. The van der Waals surface area contributed by atoms with E-state index in [0.717, 1.165) is 19.3 Å². The fourth-order valence-electron chi connectivity index (χ4n) is 2.76. The Bertz CT molecular complexity index is 229. The van der Waals surface area contributed by atoms with Crippen molar-refractivity contribution in [3.8, 4) is 0 Å². The van der Waals surface area contributed by atoms with Gasteiger partial charge in [-0.2, -0.15) is 0 Å². The summed E-state index contributed by atoms with van der Waals surface area (Å²) in [5.41, 5.74) is 6.18. The van der Waals surface area contributed by atoms with E-state index in [4.69, 9.17) is 10.5 Å². The number of ether oxygens (including phenoxy) is 1. The van der Waals surface area contributed by atoms with Gasteiger partial charge in [-0.15, -0.1) is 0 Å². The summed E-state index contributed by atoms with van der Waals surface area (Å²) in [6.07, 6.45) is 5.60. The van der Waals surface area contributed by atoms with E-state index in [1.165, 1.54) is 20.0 Å². The largest absolute Gasteiger partial charge is 0.469 e. The lowest BCUT2D eigenvalue weighted by Crippen LogP contribution is -2.37. The Kier molecular flexibility index (Phi) is 2.06. The van der Waals surface area contributed by atoms with Gasteiger partial charge in [-0.05, 0) is 24.7 Å². The highest BCUT2D eigenvalue weighted by atomic mass is 16.5. The molecule has 0 aromatic rings. The number of methoxy groups -OCH3 is 1. The van der Waals surface area contributed by atoms with Crippen LogP contribution in [0.3, 0.4) is 0 Å². The van der Waals surface area contributed by atoms with Gasteiger partial charge in [-0.3, -0.25) is 4.79 Å². The first-order valence-electron chi connectivity index (χ1n) is 5.04. The van der Waals surface area contributed by atoms with Gasteiger partial charge < -0.3 is 10.5 Å². The number of carbonyl (C=O) groups is 1. The maximum Gasteiger partial charge on any atom is 0.309 e. The molecule has 2 aliphatic rings. The first-order valence-corrected chi connectivity index (χ1v) is 5.04. The molecule has 3 unspecified atom stereocenters. The van der Waals surface area contributed by atoms with E-state index in [0.29, 0.717) is 0 Å². The van der Waals surface area contributed by atoms with Gasteiger partial charge in [-0.25, -0.2) is 0 Å². The molecule has 3 atom stereocenters. The molecule has 0 amide bonds. The highest BCUT2D eigenvalue weighted by Gasteiger charge is 2.62. The fraction of sp³-hybridized carbons (Fsp3) is 0.900. The molecule has 2 rings (SSSR count). The molecule has 0 aliphatic heterocycles. The van der Waals surface area contributed by atoms with Gasteiger partial charge in [0.25, 0.3) is 0 Å². The number of hydrogen-bond acceptors (Lipinski definition) is 3. The first-order chi connectivity index (χ1) is 6.20. The lowest BCUT2D eigenvalue weighted by Gasteiger charge is -2.29. The van der Waals surface area contributed by atoms with E-state index in [1.54, 1.807) is 0 Å². The van der Waals surface area contributed by atoms with Crippen LogP contribution in [0.5, 0.6) is 0 Å². The Morgan fingerprint density at radius 1 is 1.54 bits per heavy atom. The topological polar surface area (TPSA) is 52.3 Å². The molecule has 3 nitrogen and oxygen atoms in total. The maximum atomic E-state index is 11.3. The Labute approximate surface area is 78.6 Å². The van der Waals surface area contributed by atoms with Crippen LogP contribution in [-0.4, -0.2) is 19.1 Å². The van der Waals surface area contributed by atoms with Crippen molar-refractivity contribution in [2.75, 3.05) is 7.11 Å². The van der Waals surface area contributed by atoms with Crippen LogP contribution in [0.15, 0.2) is 0 Å². The van der Waals surface area contributed by atoms with Crippen LogP contribution in [0.1, 0.15) is 32.1 Å². The summed E-state index contributed by atoms with van der Waals surface area (Å²) in [5.74, 6) is 0.0464. The predicted molar refractivity (Wildman–Crippen MR) is 49.0 cm³/mol. The molecule has 13 heavy (non-hydrogen) atoms. The van der Waals surface area contributed by atoms with Crippen LogP contribution in [0.4, 0.5) is 0 Å². The Balaban J connectivity index is 2.03. The highest BCUT2D eigenvalue weighted by Crippen LogP contribution is 2.61. The van der Waals surface area contributed by atoms with Gasteiger partial charge in [0.15, 0.2) is 0 Å². The molecular weight excluding hydrogens is 166 g/mol. The van der Waals surface area contributed by atoms with E-state index < -0.39 is 0 Å². The second-order valence-corrected chi connectivity index (χ2v) is 4.37. The number of nitrogens with two attached hydrogens (primary N) is 1. The molecule has 0 saturated heterocycles. The van der Waals surface area contributed by atoms with Crippen LogP contribution in [0.25, 0.3) is 0 Å². The van der Waals surface area contributed by atoms with Crippen LogP contribution < -0.4 is 5.73 Å². The fourth-order valence-corrected chi connectivity index (χ4v) is 2.76. The van der Waals surface area contributed by atoms with E-state index >= 15 is 0 Å². The van der Waals surface area contributed by atoms with Crippen LogP contribution in [0, 0.1) is 11.3 Å². The monoisotopic (exact) mass is 183 g/mol. The smallest absolute Gasteiger partial charge is 0.309 e. The number of esters is 1. The summed E-state index contributed by atoms with van der Waals surface area (Å²) in [6, 6.07) is 0.227. The van der Waals surface area contributed by atoms with Gasteiger partial charge in [-0.1, -0.05) is 12.8 Å². The van der Waals surface area contributed by atoms with Crippen molar-refractivity contribution in [3.05, 3.63) is 0 Å². The van der Waals surface area contributed by atoms with Gasteiger partial charge in [0, 0.05) is 6.04 Å². The zero-order chi connectivity index (χ0) is 9.47. The third kappa shape index (κ3) is 1.26. The molecule has 2 N–H and O–H groups in total. The first kappa shape index (κ1) is 9.00. The zero-order valence-electron chi connectivity index (χ0n) is 8.08. The zero-order valence-corrected chi connectivity index (χ0v) is 8.08. The average Bonchev–Trinajstić information content (AvgIpc) is 2.85. The Morgan fingerprint density at radius 3 is 2.92 bits per heavy atom. The third-order valence-electron chi connectivity index (χ3n) is 3.75. The van der Waals surface area contributed by atoms with Crippen molar-refractivity contribution >= 4 is 5.97 Å². The number of carbonyl (C=O) groups excluding carboxylic acids is 1. The second-order valence-electron chi connectivity index (χ2n) is 4.37. The third-order valence-corrected chi connectivity index (χ3v) is 3.75. The van der Waals surface area contributed by atoms with Crippen molar-refractivity contribution in [2.24, 2.45) is 17.1 Å². The van der Waals surface area contributed by atoms with E-state index in [-0.39, 0.29) is 23.3 Å². The minimum Gasteiger partial charge on any atom is -0.469 e. The van der Waals surface area contributed by atoms with Gasteiger partial charge >= 0.3 is 5.97 Å². The summed E-state index contributed by atoms with van der Waals surface area (Å²) in [5, 5.41) is 0. The molecule has 0 bridgehead atoms. The number of hydrogen-bond donors (Lipinski definition) is 1. The van der Waals surface area contributed by atoms with Crippen molar-refractivity contribution in [3.63, 3.8) is 0 Å². The molecule has 2 aliphatic carbocycles. The summed E-state index contributed by atoms with van der Waals surface area (Å²) in [7, 11) is 1.46. The van der Waals surface area contributed by atoms with E-state index in [1.807, 2.05) is 0 Å². The Morgan fingerprint density at radius 2 is 2.31 bits per heavy atom. The quantitative estimate of drug-likeness (QED) is 0.618. The molecule has 0 aromatic heterocycles. The minimum absolute atomic E-state index is 0.0580. The van der Waals surface area contributed by atoms with Crippen LogP contribution in [-0.2, 0) is 9.53 Å². The predicted octanol–water partition coefficient (Wildman–Crippen LogP) is 1.07. The van der Waals surface area contributed by atoms with Crippen LogP contribution in [0.2, 0.25) is 0 Å². The second kappa shape index (κ2) is 2.98. The van der Waals surface area contributed by atoms with E-state index in [2.05, 4.69) is 0 Å². The van der Waals surface area contributed by atoms with E-state index in [9.17, 15) is 4.79 Å². The standard InChI is InChI=1S/C10H17NO2/c1-13-9(12)7-6-10(7)5-3-2-4-8(10)11/h7-8H,2-6,11H2,1H3. The molecular formula is C10H17NO2. The number of rotatable bonds is 1. The van der Waals surface area contributed by atoms with Crippen molar-refractivity contribution in [1.29, 1.82) is 0 Å². The lowest BCUT2D eigenvalue weighted by atomic mass is 9.80. The molecule has 0 heterocycles. The average molecular weight is 183 g/mol. The van der Waals surface area contributed by atoms with Gasteiger partial charge in [0.05, 0.1) is 13.0 Å². The minimum atomic E-state index is -0.0580. The summed E-state index contributed by atoms with van der Waals surface area (Å²) in [4.78, 5) is 11.3. The summed E-state index contributed by atoms with van der Waals surface area (Å²) < 4.78 is 4.76. The molecule has 1 spiro atoms. The van der Waals surface area contributed by atoms with Crippen LogP contribution >= 0.6 is 0 Å². The van der Waals surface area contributed by atoms with Crippen molar-refractivity contribution < 1.29 is 9.53 Å². The molecule has 0 radical (unpaired) electrons. The van der Waals surface area contributed by atoms with Gasteiger partial charge in [0.2, 0.25) is 0 Å². The summed E-state index contributed by atoms with van der Waals surface area (Å²) in [6.45, 7) is 0. The SMILES string of the molecule is COC(=O)C1CC12CCCCC2N. The maximum absolute atomic E-state index is 11.3. The van der Waals surface area contributed by atoms with Crippen molar-refractivity contribution in [1.82, 2.24) is 0 Å². The lowest BCUT2D eigenvalue weighted by molar-refractivity contribution is -0.143. The highest BCUT2D eigenvalue weighted by molar-refractivity contribution is 5.77. The molecule has 2 fully saturated rings. The molecule has 3 heteroatoms. The Hall–Kier alpha value is -0.570. The summed E-state index contributed by atoms with van der Waals surface area (Å²) >= 11 is 0.